The van der Waals surface area contributed by atoms with Gasteiger partial charge in [0.25, 0.3) is 5.91 Å². The van der Waals surface area contributed by atoms with Gasteiger partial charge in [0, 0.05) is 18.7 Å². The van der Waals surface area contributed by atoms with Crippen molar-refractivity contribution in [2.24, 2.45) is 5.92 Å². The van der Waals surface area contributed by atoms with E-state index in [0.29, 0.717) is 23.6 Å². The molecule has 1 N–H and O–H groups in total. The van der Waals surface area contributed by atoms with Gasteiger partial charge in [0.15, 0.2) is 11.6 Å². The summed E-state index contributed by atoms with van der Waals surface area (Å²) in [4.78, 5) is 14.0. The van der Waals surface area contributed by atoms with Crippen molar-refractivity contribution in [3.05, 3.63) is 29.1 Å². The van der Waals surface area contributed by atoms with Crippen LogP contribution < -0.4 is 0 Å². The topological polar surface area (TPSA) is 40.5 Å². The maximum Gasteiger partial charge on any atom is 0.254 e. The smallest absolute Gasteiger partial charge is 0.254 e. The minimum absolute atomic E-state index is 0.0733. The number of amides is 1. The Bertz CT molecular complexity index is 509. The van der Waals surface area contributed by atoms with E-state index in [1.54, 1.807) is 4.90 Å². The molecule has 19 heavy (non-hydrogen) atoms. The van der Waals surface area contributed by atoms with Gasteiger partial charge in [0.05, 0.1) is 0 Å². The third-order valence-corrected chi connectivity index (χ3v) is 4.25. The van der Waals surface area contributed by atoms with E-state index in [2.05, 4.69) is 0 Å². The Morgan fingerprint density at radius 2 is 2.00 bits per heavy atom. The number of fused-ring (bicyclic) bond motifs is 1. The van der Waals surface area contributed by atoms with Gasteiger partial charge in [0.1, 0.15) is 0 Å². The van der Waals surface area contributed by atoms with Crippen LogP contribution in [0.5, 0.6) is 5.75 Å². The summed E-state index contributed by atoms with van der Waals surface area (Å²) in [5.74, 6) is -0.584. The van der Waals surface area contributed by atoms with Gasteiger partial charge in [-0.2, -0.15) is 0 Å². The van der Waals surface area contributed by atoms with Crippen LogP contribution in [-0.4, -0.2) is 22.5 Å². The molecule has 1 fully saturated rings. The summed E-state index contributed by atoms with van der Waals surface area (Å²) >= 11 is 0. The molecule has 0 saturated heterocycles. The molecule has 0 spiro atoms. The zero-order valence-corrected chi connectivity index (χ0v) is 10.9. The Balaban J connectivity index is 1.75. The Morgan fingerprint density at radius 3 is 2.74 bits per heavy atom. The fourth-order valence-electron chi connectivity index (χ4n) is 3.21. The summed E-state index contributed by atoms with van der Waals surface area (Å²) in [5, 5.41) is 9.36. The number of carbonyl (C=O) groups excluding carboxylic acids is 1. The molecule has 0 unspecified atom stereocenters. The lowest BCUT2D eigenvalue weighted by atomic mass is 9.89. The number of halogens is 1. The molecule has 0 atom stereocenters. The van der Waals surface area contributed by atoms with Gasteiger partial charge in [-0.05, 0) is 36.5 Å². The quantitative estimate of drug-likeness (QED) is 0.890. The second-order valence-electron chi connectivity index (χ2n) is 5.65. The van der Waals surface area contributed by atoms with Gasteiger partial charge in [-0.1, -0.05) is 19.3 Å². The van der Waals surface area contributed by atoms with Crippen LogP contribution in [0.1, 0.15) is 48.0 Å². The summed E-state index contributed by atoms with van der Waals surface area (Å²) in [6.45, 7) is 1.23. The Labute approximate surface area is 112 Å². The highest BCUT2D eigenvalue weighted by Gasteiger charge is 2.30. The summed E-state index contributed by atoms with van der Waals surface area (Å²) in [6.07, 6.45) is 6.15. The summed E-state index contributed by atoms with van der Waals surface area (Å²) in [7, 11) is 0. The number of phenols is 1. The molecular weight excluding hydrogens is 245 g/mol. The SMILES string of the molecule is O=C1c2cc(O)c(F)cc2CN1CC1CCCCC1. The highest BCUT2D eigenvalue weighted by Crippen LogP contribution is 2.31. The third kappa shape index (κ3) is 2.31. The molecular formula is C15H18FNO2. The number of rotatable bonds is 2. The average Bonchev–Trinajstić information content (AvgIpc) is 2.69. The Kier molecular flexibility index (Phi) is 3.17. The Hall–Kier alpha value is -1.58. The average molecular weight is 263 g/mol. The first-order valence-corrected chi connectivity index (χ1v) is 6.96. The van der Waals surface area contributed by atoms with E-state index >= 15 is 0 Å². The third-order valence-electron chi connectivity index (χ3n) is 4.25. The lowest BCUT2D eigenvalue weighted by Crippen LogP contribution is -2.30. The zero-order valence-electron chi connectivity index (χ0n) is 10.9. The van der Waals surface area contributed by atoms with Crippen LogP contribution >= 0.6 is 0 Å². The molecule has 102 valence electrons. The molecule has 1 amide bonds. The van der Waals surface area contributed by atoms with E-state index in [4.69, 9.17) is 0 Å². The first-order chi connectivity index (χ1) is 9.15. The van der Waals surface area contributed by atoms with Crippen LogP contribution in [0.15, 0.2) is 12.1 Å². The van der Waals surface area contributed by atoms with Crippen molar-refractivity contribution in [3.63, 3.8) is 0 Å². The number of nitrogens with zero attached hydrogens (tertiary/aromatic N) is 1. The highest BCUT2D eigenvalue weighted by atomic mass is 19.1. The predicted octanol–water partition coefficient (Wildman–Crippen LogP) is 3.07. The van der Waals surface area contributed by atoms with E-state index in [1.807, 2.05) is 0 Å². The molecule has 0 aromatic heterocycles. The van der Waals surface area contributed by atoms with Crippen LogP contribution in [-0.2, 0) is 6.54 Å². The lowest BCUT2D eigenvalue weighted by Gasteiger charge is -2.26. The summed E-state index contributed by atoms with van der Waals surface area (Å²) in [6, 6.07) is 2.54. The molecule has 1 aliphatic carbocycles. The first kappa shape index (κ1) is 12.5. The van der Waals surface area contributed by atoms with Crippen LogP contribution in [0.4, 0.5) is 4.39 Å². The van der Waals surface area contributed by atoms with Gasteiger partial charge in [0.2, 0.25) is 0 Å². The van der Waals surface area contributed by atoms with Crippen molar-refractivity contribution in [1.82, 2.24) is 4.90 Å². The van der Waals surface area contributed by atoms with Crippen molar-refractivity contribution in [3.8, 4) is 5.75 Å². The predicted molar refractivity (Wildman–Crippen MR) is 69.4 cm³/mol. The minimum Gasteiger partial charge on any atom is -0.505 e. The summed E-state index contributed by atoms with van der Waals surface area (Å²) < 4.78 is 13.3. The van der Waals surface area contributed by atoms with Crippen molar-refractivity contribution in [1.29, 1.82) is 0 Å². The van der Waals surface area contributed by atoms with Gasteiger partial charge in [-0.15, -0.1) is 0 Å². The van der Waals surface area contributed by atoms with Gasteiger partial charge >= 0.3 is 0 Å². The van der Waals surface area contributed by atoms with E-state index in [9.17, 15) is 14.3 Å². The molecule has 0 radical (unpaired) electrons. The Morgan fingerprint density at radius 1 is 1.26 bits per heavy atom. The summed E-state index contributed by atoms with van der Waals surface area (Å²) in [5.41, 5.74) is 1.14. The maximum absolute atomic E-state index is 13.3. The van der Waals surface area contributed by atoms with E-state index in [-0.39, 0.29) is 5.91 Å². The standard InChI is InChI=1S/C15H18FNO2/c16-13-6-11-9-17(8-10-4-2-1-3-5-10)15(19)12(11)7-14(13)18/h6-7,10,18H,1-5,8-9H2. The molecule has 3 rings (SSSR count). The number of hydrogen-bond donors (Lipinski definition) is 1. The number of aromatic hydroxyl groups is 1. The van der Waals surface area contributed by atoms with Gasteiger partial charge < -0.3 is 10.0 Å². The second kappa shape index (κ2) is 4.83. The normalized spacial score (nSPS) is 19.8. The van der Waals surface area contributed by atoms with Gasteiger partial charge in [-0.25, -0.2) is 4.39 Å². The monoisotopic (exact) mass is 263 g/mol. The van der Waals surface area contributed by atoms with Crippen molar-refractivity contribution in [2.45, 2.75) is 38.6 Å². The van der Waals surface area contributed by atoms with Crippen LogP contribution in [0.25, 0.3) is 0 Å². The molecule has 1 heterocycles. The first-order valence-electron chi connectivity index (χ1n) is 6.96. The zero-order chi connectivity index (χ0) is 13.4. The fourth-order valence-corrected chi connectivity index (χ4v) is 3.21. The van der Waals surface area contributed by atoms with Crippen molar-refractivity contribution < 1.29 is 14.3 Å². The number of phenolic OH excluding ortho intramolecular Hbond substituents is 1. The van der Waals surface area contributed by atoms with Crippen LogP contribution in [0.2, 0.25) is 0 Å². The minimum atomic E-state index is -0.647. The molecule has 3 nitrogen and oxygen atoms in total. The largest absolute Gasteiger partial charge is 0.505 e. The van der Waals surface area contributed by atoms with E-state index in [0.717, 1.165) is 6.54 Å². The number of carbonyl (C=O) groups is 1. The van der Waals surface area contributed by atoms with E-state index in [1.165, 1.54) is 44.2 Å². The van der Waals surface area contributed by atoms with Crippen molar-refractivity contribution in [2.75, 3.05) is 6.54 Å². The molecule has 2 aliphatic rings. The number of benzene rings is 1. The molecule has 4 heteroatoms. The molecule has 0 bridgehead atoms. The van der Waals surface area contributed by atoms with Gasteiger partial charge in [-0.3, -0.25) is 4.79 Å². The van der Waals surface area contributed by atoms with Crippen LogP contribution in [0.3, 0.4) is 0 Å². The maximum atomic E-state index is 13.3. The number of hydrogen-bond acceptors (Lipinski definition) is 2. The molecule has 1 saturated carbocycles. The fraction of sp³-hybridized carbons (Fsp3) is 0.533. The lowest BCUT2D eigenvalue weighted by molar-refractivity contribution is 0.0737. The highest BCUT2D eigenvalue weighted by molar-refractivity contribution is 5.98. The van der Waals surface area contributed by atoms with E-state index < -0.39 is 11.6 Å². The molecule has 1 aromatic carbocycles. The van der Waals surface area contributed by atoms with Crippen molar-refractivity contribution >= 4 is 5.91 Å². The second-order valence-corrected chi connectivity index (χ2v) is 5.65. The molecule has 1 aromatic rings. The van der Waals surface area contributed by atoms with Crippen LogP contribution in [0, 0.1) is 11.7 Å². The molecule has 1 aliphatic heterocycles.